The van der Waals surface area contributed by atoms with Crippen LogP contribution < -0.4 is 0 Å². The SMILES string of the molecule is CC(C)(C)c1csc(CC(O)c2ncc(Cl)s2)n1. The summed E-state index contributed by atoms with van der Waals surface area (Å²) < 4.78 is 0.596. The fourth-order valence-electron chi connectivity index (χ4n) is 1.42. The maximum Gasteiger partial charge on any atom is 0.123 e. The summed E-state index contributed by atoms with van der Waals surface area (Å²) in [7, 11) is 0. The van der Waals surface area contributed by atoms with Crippen molar-refractivity contribution in [3.8, 4) is 0 Å². The van der Waals surface area contributed by atoms with Crippen LogP contribution in [-0.2, 0) is 11.8 Å². The lowest BCUT2D eigenvalue weighted by atomic mass is 9.93. The normalized spacial score (nSPS) is 13.8. The molecule has 18 heavy (non-hydrogen) atoms. The van der Waals surface area contributed by atoms with E-state index in [9.17, 15) is 5.11 Å². The number of hydrogen-bond donors (Lipinski definition) is 1. The molecule has 6 heteroatoms. The molecule has 2 aromatic rings. The molecule has 0 aliphatic rings. The van der Waals surface area contributed by atoms with Gasteiger partial charge in [-0.15, -0.1) is 22.7 Å². The minimum atomic E-state index is -0.624. The molecule has 1 N–H and O–H groups in total. The summed E-state index contributed by atoms with van der Waals surface area (Å²) in [5.74, 6) is 0. The Balaban J connectivity index is 2.08. The summed E-state index contributed by atoms with van der Waals surface area (Å²) in [5.41, 5.74) is 1.11. The van der Waals surface area contributed by atoms with Gasteiger partial charge in [0, 0.05) is 17.2 Å². The number of thiazole rings is 2. The van der Waals surface area contributed by atoms with Crippen LogP contribution in [0.15, 0.2) is 11.6 Å². The average Bonchev–Trinajstić information content (AvgIpc) is 2.85. The van der Waals surface area contributed by atoms with Gasteiger partial charge in [0.1, 0.15) is 15.4 Å². The molecule has 0 aliphatic carbocycles. The van der Waals surface area contributed by atoms with Gasteiger partial charge in [0.2, 0.25) is 0 Å². The Bertz CT molecular complexity index is 530. The summed E-state index contributed by atoms with van der Waals surface area (Å²) in [5, 5.41) is 13.7. The molecule has 0 saturated carbocycles. The smallest absolute Gasteiger partial charge is 0.123 e. The molecule has 0 amide bonds. The van der Waals surface area contributed by atoms with Crippen LogP contribution in [0.3, 0.4) is 0 Å². The van der Waals surface area contributed by atoms with Gasteiger partial charge in [0.15, 0.2) is 0 Å². The molecule has 0 aromatic carbocycles. The Morgan fingerprint density at radius 3 is 2.67 bits per heavy atom. The molecule has 0 saturated heterocycles. The highest BCUT2D eigenvalue weighted by Crippen LogP contribution is 2.29. The summed E-state index contributed by atoms with van der Waals surface area (Å²) in [6.45, 7) is 6.38. The summed E-state index contributed by atoms with van der Waals surface area (Å²) in [6.07, 6.45) is 1.43. The van der Waals surface area contributed by atoms with Crippen LogP contribution in [0.2, 0.25) is 4.34 Å². The third-order valence-electron chi connectivity index (χ3n) is 2.47. The van der Waals surface area contributed by atoms with Crippen LogP contribution in [0, 0.1) is 0 Å². The molecule has 0 spiro atoms. The highest BCUT2D eigenvalue weighted by atomic mass is 35.5. The number of aliphatic hydroxyl groups is 1. The van der Waals surface area contributed by atoms with Gasteiger partial charge >= 0.3 is 0 Å². The predicted octanol–water partition coefficient (Wildman–Crippen LogP) is 3.83. The molecule has 2 aromatic heterocycles. The van der Waals surface area contributed by atoms with Gasteiger partial charge in [-0.3, -0.25) is 0 Å². The van der Waals surface area contributed by atoms with E-state index in [1.165, 1.54) is 11.3 Å². The first-order chi connectivity index (χ1) is 8.36. The van der Waals surface area contributed by atoms with Crippen LogP contribution >= 0.6 is 34.3 Å². The Hall–Kier alpha value is -0.490. The van der Waals surface area contributed by atoms with Crippen molar-refractivity contribution < 1.29 is 5.11 Å². The van der Waals surface area contributed by atoms with Crippen molar-refractivity contribution in [1.82, 2.24) is 9.97 Å². The van der Waals surface area contributed by atoms with Crippen molar-refractivity contribution in [3.05, 3.63) is 31.6 Å². The van der Waals surface area contributed by atoms with E-state index in [4.69, 9.17) is 11.6 Å². The zero-order valence-corrected chi connectivity index (χ0v) is 12.9. The molecule has 1 atom stereocenters. The number of rotatable bonds is 3. The molecule has 0 aliphatic heterocycles. The van der Waals surface area contributed by atoms with E-state index in [0.717, 1.165) is 10.7 Å². The topological polar surface area (TPSA) is 46.0 Å². The molecular weight excluding hydrogens is 288 g/mol. The highest BCUT2D eigenvalue weighted by Gasteiger charge is 2.20. The number of aromatic nitrogens is 2. The van der Waals surface area contributed by atoms with Crippen LogP contribution in [0.1, 0.15) is 42.6 Å². The largest absolute Gasteiger partial charge is 0.385 e. The Morgan fingerprint density at radius 1 is 1.44 bits per heavy atom. The third kappa shape index (κ3) is 3.29. The van der Waals surface area contributed by atoms with Crippen LogP contribution in [0.4, 0.5) is 0 Å². The maximum absolute atomic E-state index is 10.1. The first-order valence-electron chi connectivity index (χ1n) is 5.60. The van der Waals surface area contributed by atoms with Crippen LogP contribution in [-0.4, -0.2) is 15.1 Å². The first kappa shape index (κ1) is 13.9. The molecule has 0 bridgehead atoms. The summed E-state index contributed by atoms with van der Waals surface area (Å²) >= 11 is 8.69. The second kappa shape index (κ2) is 5.25. The van der Waals surface area contributed by atoms with E-state index >= 15 is 0 Å². The Morgan fingerprint density at radius 2 is 2.17 bits per heavy atom. The summed E-state index contributed by atoms with van der Waals surface area (Å²) in [6, 6.07) is 0. The van der Waals surface area contributed by atoms with Crippen molar-refractivity contribution in [2.45, 2.75) is 38.7 Å². The van der Waals surface area contributed by atoms with Crippen LogP contribution in [0.5, 0.6) is 0 Å². The Labute approximate surface area is 119 Å². The lowest BCUT2D eigenvalue weighted by Crippen LogP contribution is -2.11. The molecule has 2 heterocycles. The predicted molar refractivity (Wildman–Crippen MR) is 76.6 cm³/mol. The number of aliphatic hydroxyl groups excluding tert-OH is 1. The first-order valence-corrected chi connectivity index (χ1v) is 7.68. The minimum Gasteiger partial charge on any atom is -0.385 e. The van der Waals surface area contributed by atoms with Gasteiger partial charge in [-0.1, -0.05) is 32.4 Å². The Kier molecular flexibility index (Phi) is 4.06. The van der Waals surface area contributed by atoms with E-state index in [-0.39, 0.29) is 5.41 Å². The third-order valence-corrected chi connectivity index (χ3v) is 4.56. The van der Waals surface area contributed by atoms with Gasteiger partial charge in [-0.2, -0.15) is 0 Å². The van der Waals surface area contributed by atoms with Gasteiger partial charge < -0.3 is 5.11 Å². The van der Waals surface area contributed by atoms with Gasteiger partial charge in [0.05, 0.1) is 16.9 Å². The van der Waals surface area contributed by atoms with Gasteiger partial charge in [-0.05, 0) is 0 Å². The van der Waals surface area contributed by atoms with E-state index in [1.807, 2.05) is 0 Å². The van der Waals surface area contributed by atoms with Crippen molar-refractivity contribution >= 4 is 34.3 Å². The fraction of sp³-hybridized carbons (Fsp3) is 0.500. The van der Waals surface area contributed by atoms with Gasteiger partial charge in [0.25, 0.3) is 0 Å². The molecule has 3 nitrogen and oxygen atoms in total. The lowest BCUT2D eigenvalue weighted by Gasteiger charge is -2.14. The number of hydrogen-bond acceptors (Lipinski definition) is 5. The molecule has 0 radical (unpaired) electrons. The highest BCUT2D eigenvalue weighted by molar-refractivity contribution is 7.15. The van der Waals surface area contributed by atoms with Crippen molar-refractivity contribution in [1.29, 1.82) is 0 Å². The molecule has 0 fully saturated rings. The minimum absolute atomic E-state index is 0.0458. The lowest BCUT2D eigenvalue weighted by molar-refractivity contribution is 0.178. The van der Waals surface area contributed by atoms with Crippen molar-refractivity contribution in [3.63, 3.8) is 0 Å². The van der Waals surface area contributed by atoms with Crippen molar-refractivity contribution in [2.24, 2.45) is 0 Å². The van der Waals surface area contributed by atoms with Gasteiger partial charge in [-0.25, -0.2) is 9.97 Å². The second-order valence-corrected chi connectivity index (χ2v) is 7.74. The number of halogens is 1. The van der Waals surface area contributed by atoms with E-state index in [2.05, 4.69) is 36.1 Å². The van der Waals surface area contributed by atoms with E-state index in [1.54, 1.807) is 17.5 Å². The van der Waals surface area contributed by atoms with E-state index in [0.29, 0.717) is 15.8 Å². The quantitative estimate of drug-likeness (QED) is 0.937. The molecular formula is C12H15ClN2OS2. The fourth-order valence-corrected chi connectivity index (χ4v) is 3.40. The average molecular weight is 303 g/mol. The second-order valence-electron chi connectivity index (χ2n) is 5.10. The van der Waals surface area contributed by atoms with Crippen molar-refractivity contribution in [2.75, 3.05) is 0 Å². The molecule has 98 valence electrons. The van der Waals surface area contributed by atoms with E-state index < -0.39 is 6.10 Å². The monoisotopic (exact) mass is 302 g/mol. The van der Waals surface area contributed by atoms with Crippen LogP contribution in [0.25, 0.3) is 0 Å². The molecule has 1 unspecified atom stereocenters. The summed E-state index contributed by atoms with van der Waals surface area (Å²) in [4.78, 5) is 8.64. The molecule has 2 rings (SSSR count). The zero-order valence-electron chi connectivity index (χ0n) is 10.5. The number of nitrogens with zero attached hydrogens (tertiary/aromatic N) is 2. The maximum atomic E-state index is 10.1. The zero-order chi connectivity index (χ0) is 13.3. The standard InChI is InChI=1S/C12H15ClN2OS2/c1-12(2,3)8-6-17-10(15-8)4-7(16)11-14-5-9(13)18-11/h5-7,16H,4H2,1-3H3.